The lowest BCUT2D eigenvalue weighted by molar-refractivity contribution is -0.160. The van der Waals surface area contributed by atoms with Crippen LogP contribution in [0.2, 0.25) is 0 Å². The van der Waals surface area contributed by atoms with E-state index in [1.54, 1.807) is 0 Å². The number of nitrogens with one attached hydrogen (secondary N) is 1. The molecule has 6 rings (SSSR count). The third-order valence-electron chi connectivity index (χ3n) is 8.44. The molecule has 154 valence electrons. The van der Waals surface area contributed by atoms with Crippen molar-refractivity contribution in [2.75, 3.05) is 13.1 Å². The lowest BCUT2D eigenvalue weighted by Crippen LogP contribution is -2.57. The molecule has 4 bridgehead atoms. The van der Waals surface area contributed by atoms with Gasteiger partial charge in [0.25, 0.3) is 0 Å². The lowest BCUT2D eigenvalue weighted by atomic mass is 9.49. The van der Waals surface area contributed by atoms with E-state index in [9.17, 15) is 9.59 Å². The quantitative estimate of drug-likeness (QED) is 0.722. The summed E-state index contributed by atoms with van der Waals surface area (Å²) in [7, 11) is 0. The molecule has 1 atom stereocenters. The average Bonchev–Trinajstić information content (AvgIpc) is 3.17. The van der Waals surface area contributed by atoms with Gasteiger partial charge in [-0.1, -0.05) is 11.6 Å². The second kappa shape index (κ2) is 7.50. The number of rotatable bonds is 5. The molecule has 4 saturated carbocycles. The Labute approximate surface area is 169 Å². The van der Waals surface area contributed by atoms with Crippen molar-refractivity contribution < 1.29 is 9.59 Å². The van der Waals surface area contributed by atoms with Crippen LogP contribution < -0.4 is 5.32 Å². The molecule has 0 spiro atoms. The summed E-state index contributed by atoms with van der Waals surface area (Å²) in [5, 5.41) is 3.16. The van der Waals surface area contributed by atoms with Gasteiger partial charge < -0.3 is 10.2 Å². The van der Waals surface area contributed by atoms with Gasteiger partial charge in [-0.05, 0) is 101 Å². The molecule has 4 nitrogen and oxygen atoms in total. The molecule has 1 aliphatic heterocycles. The number of allylic oxidation sites excluding steroid dienone is 1. The molecule has 1 unspecified atom stereocenters. The number of hydrogen-bond donors (Lipinski definition) is 1. The van der Waals surface area contributed by atoms with Crippen LogP contribution in [0.25, 0.3) is 0 Å². The summed E-state index contributed by atoms with van der Waals surface area (Å²) in [5.41, 5.74) is 1.38. The summed E-state index contributed by atoms with van der Waals surface area (Å²) in [6, 6.07) is -0.221. The Bertz CT molecular complexity index is 632. The Hall–Kier alpha value is -1.32. The van der Waals surface area contributed by atoms with Gasteiger partial charge in [0, 0.05) is 13.1 Å². The van der Waals surface area contributed by atoms with Gasteiger partial charge in [-0.25, -0.2) is 0 Å². The predicted molar refractivity (Wildman–Crippen MR) is 110 cm³/mol. The molecule has 1 heterocycles. The van der Waals surface area contributed by atoms with Crippen LogP contribution in [0, 0.1) is 23.2 Å². The molecule has 5 fully saturated rings. The summed E-state index contributed by atoms with van der Waals surface area (Å²) in [4.78, 5) is 28.6. The number of hydrogen-bond acceptors (Lipinski definition) is 2. The minimum absolute atomic E-state index is 0.0898. The molecule has 1 N–H and O–H groups in total. The van der Waals surface area contributed by atoms with Crippen molar-refractivity contribution in [3.05, 3.63) is 11.6 Å². The second-order valence-electron chi connectivity index (χ2n) is 10.5. The van der Waals surface area contributed by atoms with Gasteiger partial charge >= 0.3 is 0 Å². The van der Waals surface area contributed by atoms with Crippen molar-refractivity contribution in [1.82, 2.24) is 10.2 Å². The Morgan fingerprint density at radius 1 is 1.04 bits per heavy atom. The van der Waals surface area contributed by atoms with Gasteiger partial charge in [0.05, 0.1) is 5.41 Å². The van der Waals surface area contributed by atoms with Crippen molar-refractivity contribution in [2.24, 2.45) is 23.2 Å². The molecule has 1 saturated heterocycles. The largest absolute Gasteiger partial charge is 0.354 e. The summed E-state index contributed by atoms with van der Waals surface area (Å²) in [6.07, 6.45) is 17.5. The molecular formula is C24H36N2O2. The van der Waals surface area contributed by atoms with Gasteiger partial charge in [-0.2, -0.15) is 0 Å². The van der Waals surface area contributed by atoms with Crippen molar-refractivity contribution in [3.8, 4) is 0 Å². The monoisotopic (exact) mass is 384 g/mol. The summed E-state index contributed by atoms with van der Waals surface area (Å²) in [5.74, 6) is 2.74. The van der Waals surface area contributed by atoms with E-state index < -0.39 is 0 Å². The van der Waals surface area contributed by atoms with Crippen molar-refractivity contribution >= 4 is 11.8 Å². The topological polar surface area (TPSA) is 49.4 Å². The Balaban J connectivity index is 1.21. The van der Waals surface area contributed by atoms with E-state index >= 15 is 0 Å². The first-order valence-electron chi connectivity index (χ1n) is 11.9. The third-order valence-corrected chi connectivity index (χ3v) is 8.44. The highest BCUT2D eigenvalue weighted by molar-refractivity contribution is 5.91. The van der Waals surface area contributed by atoms with Crippen molar-refractivity contribution in [1.29, 1.82) is 0 Å². The Morgan fingerprint density at radius 3 is 2.39 bits per heavy atom. The van der Waals surface area contributed by atoms with Gasteiger partial charge in [0.15, 0.2) is 0 Å². The fourth-order valence-corrected chi connectivity index (χ4v) is 7.56. The fourth-order valence-electron chi connectivity index (χ4n) is 7.56. The minimum atomic E-state index is -0.221. The number of likely N-dealkylation sites (tertiary alicyclic amines) is 1. The Kier molecular flexibility index (Phi) is 5.00. The zero-order chi connectivity index (χ0) is 19.1. The molecule has 0 aromatic rings. The molecule has 4 heteroatoms. The first-order chi connectivity index (χ1) is 13.6. The van der Waals surface area contributed by atoms with Gasteiger partial charge in [0.2, 0.25) is 11.8 Å². The maximum atomic E-state index is 13.7. The van der Waals surface area contributed by atoms with Crippen LogP contribution in [0.3, 0.4) is 0 Å². The van der Waals surface area contributed by atoms with Crippen LogP contribution in [-0.2, 0) is 9.59 Å². The van der Waals surface area contributed by atoms with Crippen LogP contribution in [0.5, 0.6) is 0 Å². The van der Waals surface area contributed by atoms with Gasteiger partial charge in [0.1, 0.15) is 6.04 Å². The number of nitrogens with zero attached hydrogens (tertiary/aromatic N) is 1. The van der Waals surface area contributed by atoms with E-state index in [2.05, 4.69) is 11.4 Å². The summed E-state index contributed by atoms with van der Waals surface area (Å²) >= 11 is 0. The van der Waals surface area contributed by atoms with Crippen LogP contribution in [0.4, 0.5) is 0 Å². The standard InChI is InChI=1S/C24H36N2O2/c27-22(25-9-8-17-5-2-1-3-6-17)21-7-4-10-26(21)23(28)24-14-18-11-19(15-24)13-20(12-18)16-24/h5,18-21H,1-4,6-16H2,(H,25,27). The molecule has 6 aliphatic rings. The van der Waals surface area contributed by atoms with Crippen molar-refractivity contribution in [2.45, 2.75) is 89.5 Å². The zero-order valence-electron chi connectivity index (χ0n) is 17.3. The highest BCUT2D eigenvalue weighted by atomic mass is 16.2. The second-order valence-corrected chi connectivity index (χ2v) is 10.5. The van der Waals surface area contributed by atoms with Gasteiger partial charge in [-0.15, -0.1) is 0 Å². The molecule has 0 radical (unpaired) electrons. The number of carbonyl (C=O) groups is 2. The van der Waals surface area contributed by atoms with E-state index in [0.29, 0.717) is 5.91 Å². The first kappa shape index (κ1) is 18.7. The predicted octanol–water partition coefficient (Wildman–Crippen LogP) is 4.20. The van der Waals surface area contributed by atoms with Crippen LogP contribution >= 0.6 is 0 Å². The van der Waals surface area contributed by atoms with E-state index in [1.165, 1.54) is 50.5 Å². The molecule has 0 aromatic heterocycles. The SMILES string of the molecule is O=C(NCCC1=CCCCC1)C1CCCN1C(=O)C12CC3CC(CC(C3)C1)C2. The first-order valence-corrected chi connectivity index (χ1v) is 11.9. The maximum Gasteiger partial charge on any atom is 0.242 e. The van der Waals surface area contributed by atoms with Crippen LogP contribution in [0.1, 0.15) is 83.5 Å². The minimum Gasteiger partial charge on any atom is -0.354 e. The Morgan fingerprint density at radius 2 is 1.75 bits per heavy atom. The highest BCUT2D eigenvalue weighted by Gasteiger charge is 2.56. The molecule has 0 aromatic carbocycles. The lowest BCUT2D eigenvalue weighted by Gasteiger charge is -2.56. The summed E-state index contributed by atoms with van der Waals surface area (Å²) < 4.78 is 0. The van der Waals surface area contributed by atoms with E-state index in [0.717, 1.165) is 69.4 Å². The maximum absolute atomic E-state index is 13.7. The van der Waals surface area contributed by atoms with Crippen LogP contribution in [0.15, 0.2) is 11.6 Å². The normalized spacial score (nSPS) is 39.1. The molecule has 2 amide bonds. The number of carbonyl (C=O) groups excluding carboxylic acids is 2. The molecular weight excluding hydrogens is 348 g/mol. The van der Waals surface area contributed by atoms with Crippen molar-refractivity contribution in [3.63, 3.8) is 0 Å². The van der Waals surface area contributed by atoms with E-state index in [1.807, 2.05) is 4.90 Å². The van der Waals surface area contributed by atoms with Crippen LogP contribution in [-0.4, -0.2) is 35.8 Å². The molecule has 5 aliphatic carbocycles. The molecule has 28 heavy (non-hydrogen) atoms. The summed E-state index contributed by atoms with van der Waals surface area (Å²) in [6.45, 7) is 1.50. The van der Waals surface area contributed by atoms with Gasteiger partial charge in [-0.3, -0.25) is 9.59 Å². The third kappa shape index (κ3) is 3.41. The average molecular weight is 385 g/mol. The fraction of sp³-hybridized carbons (Fsp3) is 0.833. The van der Waals surface area contributed by atoms with E-state index in [4.69, 9.17) is 0 Å². The number of amides is 2. The highest BCUT2D eigenvalue weighted by Crippen LogP contribution is 2.60. The smallest absolute Gasteiger partial charge is 0.242 e. The van der Waals surface area contributed by atoms with E-state index in [-0.39, 0.29) is 17.4 Å². The zero-order valence-corrected chi connectivity index (χ0v) is 17.3.